The fraction of sp³-hybridized carbons (Fsp3) is 0. The molecule has 57 heavy (non-hydrogen) atoms. The number of nitrogens with zero attached hydrogens (tertiary/aromatic N) is 5. The summed E-state index contributed by atoms with van der Waals surface area (Å²) in [7, 11) is 0. The third-order valence-corrected chi connectivity index (χ3v) is 11.4. The molecule has 6 heteroatoms. The van der Waals surface area contributed by atoms with Crippen LogP contribution in [0.15, 0.2) is 194 Å². The van der Waals surface area contributed by atoms with Gasteiger partial charge in [0.25, 0.3) is 0 Å². The van der Waals surface area contributed by atoms with Crippen molar-refractivity contribution in [3.05, 3.63) is 194 Å². The van der Waals surface area contributed by atoms with Crippen LogP contribution in [0.5, 0.6) is 0 Å². The predicted octanol–water partition coefficient (Wildman–Crippen LogP) is 11.5. The van der Waals surface area contributed by atoms with E-state index in [4.69, 9.17) is 15.0 Å². The van der Waals surface area contributed by atoms with Gasteiger partial charge in [0.2, 0.25) is 0 Å². The smallest absolute Gasteiger partial charge is 0.179 e. The average molecular weight is 742 g/mol. The molecule has 0 aliphatic heterocycles. The molecule has 8 aromatic carbocycles. The highest BCUT2D eigenvalue weighted by molar-refractivity contribution is 6.35. The van der Waals surface area contributed by atoms with Gasteiger partial charge >= 0.3 is 0 Å². The first-order valence-corrected chi connectivity index (χ1v) is 19.7. The molecule has 3 aromatic heterocycles. The quantitative estimate of drug-likeness (QED) is 0.159. The van der Waals surface area contributed by atoms with Gasteiger partial charge in [-0.3, -0.25) is 0 Å². The van der Waals surface area contributed by atoms with Gasteiger partial charge in [-0.2, -0.15) is 0 Å². The van der Waals surface area contributed by atoms with Gasteiger partial charge < -0.3 is 9.13 Å². The Morgan fingerprint density at radius 3 is 1.33 bits per heavy atom. The molecule has 264 valence electrons. The molecule has 0 atom stereocenters. The summed E-state index contributed by atoms with van der Waals surface area (Å²) < 4.78 is 5.85. The molecular weight excluding hydrogens is 710 g/mol. The van der Waals surface area contributed by atoms with Gasteiger partial charge in [0.1, 0.15) is 0 Å². The zero-order valence-corrected chi connectivity index (χ0v) is 31.9. The number of para-hydroxylation sites is 3. The van der Waals surface area contributed by atoms with Crippen LogP contribution in [0.4, 0.5) is 0 Å². The first kappa shape index (κ1) is 33.3. The zero-order valence-electron chi connectivity index (χ0n) is 30.8. The topological polar surface area (TPSA) is 48.5 Å². The summed E-state index contributed by atoms with van der Waals surface area (Å²) >= 11 is 2.92. The lowest BCUT2D eigenvalue weighted by Gasteiger charge is -2.12. The Kier molecular flexibility index (Phi) is 7.92. The van der Waals surface area contributed by atoms with E-state index in [1.54, 1.807) is 0 Å². The minimum atomic E-state index is 0.633. The second-order valence-electron chi connectivity index (χ2n) is 14.3. The summed E-state index contributed by atoms with van der Waals surface area (Å²) in [4.78, 5) is 15.1. The molecule has 3 heterocycles. The monoisotopic (exact) mass is 741 g/mol. The molecule has 5 nitrogen and oxygen atoms in total. The van der Waals surface area contributed by atoms with Crippen LogP contribution in [0.2, 0.25) is 0 Å². The summed E-state index contributed by atoms with van der Waals surface area (Å²) in [6.45, 7) is 0. The first-order chi connectivity index (χ1) is 28.2. The lowest BCUT2D eigenvalue weighted by Crippen LogP contribution is -2.11. The molecule has 0 saturated heterocycles. The van der Waals surface area contributed by atoms with E-state index in [-0.39, 0.29) is 0 Å². The van der Waals surface area contributed by atoms with Crippen molar-refractivity contribution in [2.24, 2.45) is 0 Å². The third kappa shape index (κ3) is 5.66. The van der Waals surface area contributed by atoms with Gasteiger partial charge in [0, 0.05) is 49.6 Å². The molecule has 0 unspecified atom stereocenters. The lowest BCUT2D eigenvalue weighted by atomic mass is 10.0. The largest absolute Gasteiger partial charge is 0.311 e. The Hall–Kier alpha value is -7.10. The molecule has 0 N–H and O–H groups in total. The van der Waals surface area contributed by atoms with Crippen molar-refractivity contribution in [1.29, 1.82) is 0 Å². The number of rotatable bonds is 6. The molecule has 0 bridgehead atoms. The van der Waals surface area contributed by atoms with E-state index in [0.29, 0.717) is 17.5 Å². The van der Waals surface area contributed by atoms with Gasteiger partial charge in [-0.25, -0.2) is 15.0 Å². The summed E-state index contributed by atoms with van der Waals surface area (Å²) in [5.41, 5.74) is 12.0. The van der Waals surface area contributed by atoms with Crippen molar-refractivity contribution in [1.82, 2.24) is 24.1 Å². The maximum absolute atomic E-state index is 5.06. The molecule has 0 saturated carbocycles. The Morgan fingerprint density at radius 2 is 0.754 bits per heavy atom. The molecule has 0 amide bonds. The van der Waals surface area contributed by atoms with E-state index in [1.165, 1.54) is 21.8 Å². The Balaban J connectivity index is 1.08. The van der Waals surface area contributed by atoms with Crippen LogP contribution >= 0.6 is 0 Å². The molecule has 0 aliphatic carbocycles. The van der Waals surface area contributed by atoms with Crippen LogP contribution in [0.1, 0.15) is 0 Å². The average Bonchev–Trinajstić information content (AvgIpc) is 3.79. The van der Waals surface area contributed by atoms with Crippen LogP contribution in [0.25, 0.3) is 100 Å². The number of aromatic nitrogens is 5. The number of hydrogen-bond acceptors (Lipinski definition) is 3. The maximum atomic E-state index is 5.06. The van der Waals surface area contributed by atoms with E-state index >= 15 is 0 Å². The van der Waals surface area contributed by atoms with Crippen molar-refractivity contribution in [2.45, 2.75) is 0 Å². The number of fused-ring (bicyclic) bond motifs is 6. The predicted molar refractivity (Wildman–Crippen MR) is 236 cm³/mol. The van der Waals surface area contributed by atoms with E-state index in [1.807, 2.05) is 60.7 Å². The maximum Gasteiger partial charge on any atom is 0.179 e. The molecule has 0 spiro atoms. The minimum absolute atomic E-state index is 0.633. The van der Waals surface area contributed by atoms with Crippen LogP contribution in [-0.2, 0) is 0 Å². The zero-order chi connectivity index (χ0) is 37.9. The van der Waals surface area contributed by atoms with Crippen molar-refractivity contribution in [3.63, 3.8) is 0 Å². The summed E-state index contributed by atoms with van der Waals surface area (Å²) in [5.74, 6) is 1.92. The number of benzene rings is 8. The van der Waals surface area contributed by atoms with E-state index in [2.05, 4.69) is 159 Å². The van der Waals surface area contributed by atoms with Crippen molar-refractivity contribution < 1.29 is 0 Å². The third-order valence-electron chi connectivity index (χ3n) is 10.9. The van der Waals surface area contributed by atoms with Crippen LogP contribution < -0.4 is 4.43 Å². The van der Waals surface area contributed by atoms with Gasteiger partial charge in [-0.1, -0.05) is 133 Å². The normalized spacial score (nSPS) is 11.6. The highest BCUT2D eigenvalue weighted by atomic mass is 27.0. The van der Waals surface area contributed by atoms with Crippen molar-refractivity contribution >= 4 is 64.3 Å². The Labute approximate surface area is 337 Å². The molecule has 11 aromatic rings. The second kappa shape index (κ2) is 13.6. The number of hydrogen-bond donors (Lipinski definition) is 0. The standard InChI is InChI=1S/C51H32N5.Al/c1-4-14-35(15-5-1)49-52-50(36-16-6-2-7-17-36)54-51(53-49)38-27-31-48-44(33-38)43-32-37(26-30-47(43)55(48)39-18-8-3-9-19-39)34-24-28-40(29-25-34)56-45-22-12-10-20-41(45)42-21-11-13-23-46(42)56;/h1-18,20-33H;. The minimum Gasteiger partial charge on any atom is -0.311 e. The van der Waals surface area contributed by atoms with Crippen LogP contribution in [0, 0.1) is 0 Å². The van der Waals surface area contributed by atoms with E-state index in [9.17, 15) is 0 Å². The van der Waals surface area contributed by atoms with Gasteiger partial charge in [-0.05, 0) is 71.8 Å². The van der Waals surface area contributed by atoms with Crippen LogP contribution in [-0.4, -0.2) is 40.4 Å². The second-order valence-corrected chi connectivity index (χ2v) is 14.9. The van der Waals surface area contributed by atoms with Gasteiger partial charge in [-0.15, -0.1) is 4.43 Å². The van der Waals surface area contributed by atoms with Crippen molar-refractivity contribution in [3.8, 4) is 56.7 Å². The van der Waals surface area contributed by atoms with Crippen molar-refractivity contribution in [2.75, 3.05) is 0 Å². The van der Waals surface area contributed by atoms with Gasteiger partial charge in [0.05, 0.1) is 22.1 Å². The summed E-state index contributed by atoms with van der Waals surface area (Å²) in [6.07, 6.45) is 0. The summed E-state index contributed by atoms with van der Waals surface area (Å²) in [5, 5.41) is 4.80. The van der Waals surface area contributed by atoms with E-state index < -0.39 is 0 Å². The fourth-order valence-corrected chi connectivity index (χ4v) is 8.57. The highest BCUT2D eigenvalue weighted by Crippen LogP contribution is 2.38. The van der Waals surface area contributed by atoms with Gasteiger partial charge in [0.15, 0.2) is 33.8 Å². The molecular formula is C51H32AlN5. The van der Waals surface area contributed by atoms with E-state index in [0.717, 1.165) is 65.4 Å². The molecule has 11 rings (SSSR count). The Morgan fingerprint density at radius 1 is 0.316 bits per heavy atom. The molecule has 0 fully saturated rings. The fourth-order valence-electron chi connectivity index (χ4n) is 8.23. The Bertz CT molecular complexity index is 3180. The SMILES string of the molecule is [Al][c]1ccccc1-n1c2ccc(-c3ccc(-n4c5ccccc5c5ccccc54)cc3)cc2c2cc(-c3nc(-c4ccccc4)nc(-c4ccccc4)n3)ccc21. The lowest BCUT2D eigenvalue weighted by molar-refractivity contribution is 1.07. The molecule has 2 radical (unpaired) electrons. The van der Waals surface area contributed by atoms with Crippen LogP contribution in [0.3, 0.4) is 0 Å². The summed E-state index contributed by atoms with van der Waals surface area (Å²) in [6, 6.07) is 68.4. The highest BCUT2D eigenvalue weighted by Gasteiger charge is 2.18. The molecule has 0 aliphatic rings. The first-order valence-electron chi connectivity index (χ1n) is 19.1.